The van der Waals surface area contributed by atoms with Gasteiger partial charge in [-0.3, -0.25) is 9.69 Å². The highest BCUT2D eigenvalue weighted by Crippen LogP contribution is 2.22. The molecule has 1 amide bonds. The van der Waals surface area contributed by atoms with E-state index in [1.54, 1.807) is 4.90 Å². The van der Waals surface area contributed by atoms with Crippen LogP contribution in [0.15, 0.2) is 41.2 Å². The van der Waals surface area contributed by atoms with Gasteiger partial charge in [-0.25, -0.2) is 0 Å². The second-order valence-corrected chi connectivity index (χ2v) is 5.20. The topological polar surface area (TPSA) is 35.6 Å². The first-order valence-corrected chi connectivity index (χ1v) is 6.53. The monoisotopic (exact) mass is 279 g/mol. The molecule has 0 saturated carbocycles. The Bertz CT molecular complexity index is 499. The molecule has 0 bridgehead atoms. The number of amides is 1. The largest absolute Gasteiger partial charge is 0.351 e. The summed E-state index contributed by atoms with van der Waals surface area (Å²) in [5.74, 6) is 0.00996. The summed E-state index contributed by atoms with van der Waals surface area (Å²) in [4.78, 5) is 16.0. The Morgan fingerprint density at radius 1 is 1.32 bits per heavy atom. The molecule has 1 heterocycles. The Balaban J connectivity index is 2.27. The zero-order chi connectivity index (χ0) is 14.0. The minimum absolute atomic E-state index is 0.00996. The van der Waals surface area contributed by atoms with Crippen molar-refractivity contribution in [2.75, 3.05) is 14.1 Å². The number of carbonyl (C=O) groups is 1. The molecule has 0 spiro atoms. The standard InChI is InChI=1S/C14H18ClN3O/c1-10-12(15)16-13(17(2)3)14(19)18(10)9-11-7-5-4-6-8-11/h4-8,13,16H,9H2,1-3H3. The fourth-order valence-electron chi connectivity index (χ4n) is 2.03. The highest BCUT2D eigenvalue weighted by Gasteiger charge is 2.33. The number of nitrogens with one attached hydrogen (secondary N) is 1. The number of hydrogen-bond donors (Lipinski definition) is 1. The van der Waals surface area contributed by atoms with Crippen molar-refractivity contribution in [1.29, 1.82) is 0 Å². The van der Waals surface area contributed by atoms with Gasteiger partial charge in [-0.1, -0.05) is 41.9 Å². The van der Waals surface area contributed by atoms with Crippen molar-refractivity contribution in [3.05, 3.63) is 46.7 Å². The van der Waals surface area contributed by atoms with Crippen molar-refractivity contribution in [3.63, 3.8) is 0 Å². The van der Waals surface area contributed by atoms with Crippen LogP contribution in [-0.4, -0.2) is 36.0 Å². The summed E-state index contributed by atoms with van der Waals surface area (Å²) < 4.78 is 0. The van der Waals surface area contributed by atoms with Crippen LogP contribution in [0.1, 0.15) is 12.5 Å². The zero-order valence-corrected chi connectivity index (χ0v) is 12.1. The average Bonchev–Trinajstić information content (AvgIpc) is 2.40. The van der Waals surface area contributed by atoms with E-state index < -0.39 is 6.17 Å². The highest BCUT2D eigenvalue weighted by atomic mass is 35.5. The van der Waals surface area contributed by atoms with Gasteiger partial charge < -0.3 is 10.2 Å². The second kappa shape index (κ2) is 5.63. The first-order chi connectivity index (χ1) is 9.00. The number of hydrogen-bond acceptors (Lipinski definition) is 3. The molecular formula is C14H18ClN3O. The molecule has 1 unspecified atom stereocenters. The first-order valence-electron chi connectivity index (χ1n) is 6.15. The van der Waals surface area contributed by atoms with Gasteiger partial charge in [0.05, 0.1) is 12.2 Å². The second-order valence-electron chi connectivity index (χ2n) is 4.82. The van der Waals surface area contributed by atoms with Crippen molar-refractivity contribution >= 4 is 17.5 Å². The third kappa shape index (κ3) is 2.91. The molecular weight excluding hydrogens is 262 g/mol. The van der Waals surface area contributed by atoms with Crippen LogP contribution in [0.25, 0.3) is 0 Å². The molecule has 1 N–H and O–H groups in total. The summed E-state index contributed by atoms with van der Waals surface area (Å²) in [7, 11) is 3.70. The number of likely N-dealkylation sites (N-methyl/N-ethyl adjacent to an activating group) is 1. The maximum absolute atomic E-state index is 12.5. The van der Waals surface area contributed by atoms with Crippen molar-refractivity contribution in [2.24, 2.45) is 0 Å². The first kappa shape index (κ1) is 13.9. The van der Waals surface area contributed by atoms with Gasteiger partial charge in [-0.15, -0.1) is 0 Å². The van der Waals surface area contributed by atoms with Gasteiger partial charge >= 0.3 is 0 Å². The smallest absolute Gasteiger partial charge is 0.264 e. The van der Waals surface area contributed by atoms with Gasteiger partial charge in [0.15, 0.2) is 6.17 Å². The molecule has 102 valence electrons. The van der Waals surface area contributed by atoms with Crippen molar-refractivity contribution in [1.82, 2.24) is 15.1 Å². The number of allylic oxidation sites excluding steroid dienone is 1. The van der Waals surface area contributed by atoms with Crippen LogP contribution in [0, 0.1) is 0 Å². The maximum Gasteiger partial charge on any atom is 0.264 e. The molecule has 0 saturated heterocycles. The Kier molecular flexibility index (Phi) is 4.12. The summed E-state index contributed by atoms with van der Waals surface area (Å²) in [6, 6.07) is 9.89. The number of rotatable bonds is 3. The summed E-state index contributed by atoms with van der Waals surface area (Å²) in [6.07, 6.45) is -0.417. The van der Waals surface area contributed by atoms with E-state index >= 15 is 0 Å². The third-order valence-corrected chi connectivity index (χ3v) is 3.57. The molecule has 19 heavy (non-hydrogen) atoms. The van der Waals surface area contributed by atoms with Crippen LogP contribution in [0.2, 0.25) is 0 Å². The lowest BCUT2D eigenvalue weighted by atomic mass is 10.2. The van der Waals surface area contributed by atoms with E-state index in [9.17, 15) is 4.79 Å². The van der Waals surface area contributed by atoms with Crippen LogP contribution in [-0.2, 0) is 11.3 Å². The highest BCUT2D eigenvalue weighted by molar-refractivity contribution is 6.30. The van der Waals surface area contributed by atoms with Crippen LogP contribution in [0.4, 0.5) is 0 Å². The molecule has 0 aliphatic carbocycles. The van der Waals surface area contributed by atoms with E-state index in [-0.39, 0.29) is 5.91 Å². The van der Waals surface area contributed by atoms with E-state index in [1.807, 2.05) is 56.3 Å². The summed E-state index contributed by atoms with van der Waals surface area (Å²) in [5, 5.41) is 3.53. The Labute approximate surface area is 118 Å². The maximum atomic E-state index is 12.5. The molecule has 2 rings (SSSR count). The van der Waals surface area contributed by atoms with Gasteiger partial charge in [-0.05, 0) is 26.6 Å². The fraction of sp³-hybridized carbons (Fsp3) is 0.357. The Hall–Kier alpha value is -1.52. The summed E-state index contributed by atoms with van der Waals surface area (Å²) >= 11 is 6.18. The lowest BCUT2D eigenvalue weighted by Crippen LogP contribution is -2.56. The normalized spacial score (nSPS) is 19.9. The van der Waals surface area contributed by atoms with Crippen LogP contribution in [0.3, 0.4) is 0 Å². The quantitative estimate of drug-likeness (QED) is 0.859. The zero-order valence-electron chi connectivity index (χ0n) is 11.4. The van der Waals surface area contributed by atoms with E-state index in [1.165, 1.54) is 0 Å². The molecule has 5 heteroatoms. The fourth-order valence-corrected chi connectivity index (χ4v) is 2.24. The molecule has 1 aliphatic heterocycles. The van der Waals surface area contributed by atoms with E-state index in [2.05, 4.69) is 5.32 Å². The van der Waals surface area contributed by atoms with Gasteiger partial charge in [0.25, 0.3) is 5.91 Å². The van der Waals surface area contributed by atoms with Crippen LogP contribution >= 0.6 is 11.6 Å². The average molecular weight is 280 g/mol. The van der Waals surface area contributed by atoms with Crippen molar-refractivity contribution < 1.29 is 4.79 Å². The lowest BCUT2D eigenvalue weighted by molar-refractivity contribution is -0.136. The minimum atomic E-state index is -0.417. The minimum Gasteiger partial charge on any atom is -0.351 e. The predicted molar refractivity (Wildman–Crippen MR) is 76.2 cm³/mol. The molecule has 1 atom stereocenters. The van der Waals surface area contributed by atoms with Crippen molar-refractivity contribution in [3.8, 4) is 0 Å². The third-order valence-electron chi connectivity index (χ3n) is 3.19. The molecule has 4 nitrogen and oxygen atoms in total. The van der Waals surface area contributed by atoms with Crippen LogP contribution in [0.5, 0.6) is 0 Å². The van der Waals surface area contributed by atoms with Crippen LogP contribution < -0.4 is 5.32 Å². The van der Waals surface area contributed by atoms with Gasteiger partial charge in [0.1, 0.15) is 5.16 Å². The van der Waals surface area contributed by atoms with Gasteiger partial charge in [-0.2, -0.15) is 0 Å². The molecule has 0 radical (unpaired) electrons. The molecule has 0 aromatic heterocycles. The lowest BCUT2D eigenvalue weighted by Gasteiger charge is -2.37. The van der Waals surface area contributed by atoms with Gasteiger partial charge in [0, 0.05) is 0 Å². The molecule has 1 aliphatic rings. The van der Waals surface area contributed by atoms with E-state index in [4.69, 9.17) is 11.6 Å². The van der Waals surface area contributed by atoms with Gasteiger partial charge in [0.2, 0.25) is 0 Å². The molecule has 0 fully saturated rings. The predicted octanol–water partition coefficient (Wildman–Crippen LogP) is 1.93. The SMILES string of the molecule is CC1=C(Cl)NC(N(C)C)C(=O)N1Cc1ccccc1. The Morgan fingerprint density at radius 3 is 2.53 bits per heavy atom. The number of nitrogens with zero attached hydrogens (tertiary/aromatic N) is 2. The van der Waals surface area contributed by atoms with E-state index in [0.717, 1.165) is 11.3 Å². The van der Waals surface area contributed by atoms with Crippen molar-refractivity contribution in [2.45, 2.75) is 19.6 Å². The summed E-state index contributed by atoms with van der Waals surface area (Å²) in [5.41, 5.74) is 1.84. The number of halogens is 1. The molecule has 1 aromatic carbocycles. The van der Waals surface area contributed by atoms with E-state index in [0.29, 0.717) is 11.7 Å². The number of benzene rings is 1. The Morgan fingerprint density at radius 2 is 1.95 bits per heavy atom. The number of carbonyl (C=O) groups excluding carboxylic acids is 1. The molecule has 1 aromatic rings. The summed E-state index contributed by atoms with van der Waals surface area (Å²) in [6.45, 7) is 2.38.